The van der Waals surface area contributed by atoms with Gasteiger partial charge in [0.15, 0.2) is 5.82 Å². The normalized spacial score (nSPS) is 11.2. The van der Waals surface area contributed by atoms with Gasteiger partial charge in [-0.05, 0) is 25.1 Å². The number of benzene rings is 1. The Morgan fingerprint density at radius 3 is 2.57 bits per heavy atom. The molecule has 0 fully saturated rings. The highest BCUT2D eigenvalue weighted by atomic mass is 19.4. The van der Waals surface area contributed by atoms with E-state index in [4.69, 9.17) is 5.26 Å². The molecule has 0 radical (unpaired) electrons. The van der Waals surface area contributed by atoms with Crippen LogP contribution in [0.5, 0.6) is 0 Å². The van der Waals surface area contributed by atoms with Crippen molar-refractivity contribution in [3.05, 3.63) is 41.0 Å². The van der Waals surface area contributed by atoms with E-state index in [-0.39, 0.29) is 12.1 Å². The Morgan fingerprint density at radius 1 is 1.33 bits per heavy atom. The minimum Gasteiger partial charge on any atom is -0.377 e. The smallest absolute Gasteiger partial charge is 0.377 e. The van der Waals surface area contributed by atoms with E-state index < -0.39 is 11.7 Å². The van der Waals surface area contributed by atoms with Crippen LogP contribution in [-0.4, -0.2) is 14.8 Å². The highest BCUT2D eigenvalue weighted by Gasteiger charge is 2.31. The Kier molecular flexibility index (Phi) is 3.84. The Labute approximate surface area is 119 Å². The lowest BCUT2D eigenvalue weighted by atomic mass is 10.1. The van der Waals surface area contributed by atoms with E-state index in [0.717, 1.165) is 18.0 Å². The number of hydrogen-bond donors (Lipinski definition) is 1. The van der Waals surface area contributed by atoms with Crippen molar-refractivity contribution in [3.63, 3.8) is 0 Å². The van der Waals surface area contributed by atoms with Crippen LogP contribution < -0.4 is 5.32 Å². The molecule has 2 rings (SSSR count). The average molecular weight is 295 g/mol. The van der Waals surface area contributed by atoms with Crippen LogP contribution in [0.4, 0.5) is 18.9 Å². The summed E-state index contributed by atoms with van der Waals surface area (Å²) in [5.41, 5.74) is -0.589. The van der Waals surface area contributed by atoms with E-state index in [0.29, 0.717) is 11.5 Å². The van der Waals surface area contributed by atoms with Gasteiger partial charge in [0.05, 0.1) is 23.4 Å². The highest BCUT2D eigenvalue weighted by Crippen LogP contribution is 2.31. The molecule has 0 aliphatic heterocycles. The van der Waals surface area contributed by atoms with Crippen molar-refractivity contribution in [1.82, 2.24) is 14.8 Å². The van der Waals surface area contributed by atoms with E-state index in [1.165, 1.54) is 6.07 Å². The quantitative estimate of drug-likeness (QED) is 0.945. The maximum Gasteiger partial charge on any atom is 0.416 e. The third-order valence-corrected chi connectivity index (χ3v) is 3.09. The van der Waals surface area contributed by atoms with E-state index in [1.54, 1.807) is 24.6 Å². The van der Waals surface area contributed by atoms with E-state index in [9.17, 15) is 13.2 Å². The number of halogens is 3. The van der Waals surface area contributed by atoms with Crippen molar-refractivity contribution in [3.8, 4) is 6.07 Å². The topological polar surface area (TPSA) is 66.5 Å². The molecule has 1 N–H and O–H groups in total. The van der Waals surface area contributed by atoms with Crippen molar-refractivity contribution < 1.29 is 13.2 Å². The van der Waals surface area contributed by atoms with Crippen molar-refractivity contribution in [1.29, 1.82) is 5.26 Å². The van der Waals surface area contributed by atoms with Gasteiger partial charge in [0.25, 0.3) is 0 Å². The molecule has 0 aliphatic carbocycles. The molecule has 0 atom stereocenters. The summed E-state index contributed by atoms with van der Waals surface area (Å²) >= 11 is 0. The maximum absolute atomic E-state index is 12.6. The fourth-order valence-corrected chi connectivity index (χ4v) is 1.75. The molecule has 0 saturated heterocycles. The van der Waals surface area contributed by atoms with Crippen LogP contribution in [0.25, 0.3) is 0 Å². The summed E-state index contributed by atoms with van der Waals surface area (Å²) in [5, 5.41) is 19.7. The highest BCUT2D eigenvalue weighted by molar-refractivity contribution is 5.59. The first kappa shape index (κ1) is 14.8. The van der Waals surface area contributed by atoms with Gasteiger partial charge in [0, 0.05) is 7.05 Å². The predicted molar refractivity (Wildman–Crippen MR) is 69.2 cm³/mol. The molecule has 110 valence electrons. The molecule has 0 bridgehead atoms. The molecule has 0 spiro atoms. The van der Waals surface area contributed by atoms with Gasteiger partial charge in [-0.2, -0.15) is 18.4 Å². The summed E-state index contributed by atoms with van der Waals surface area (Å²) in [6, 6.07) is 4.76. The zero-order valence-corrected chi connectivity index (χ0v) is 11.4. The number of alkyl halides is 3. The van der Waals surface area contributed by atoms with Gasteiger partial charge in [-0.25, -0.2) is 0 Å². The summed E-state index contributed by atoms with van der Waals surface area (Å²) in [6.45, 7) is 2.05. The Morgan fingerprint density at radius 2 is 2.05 bits per heavy atom. The molecule has 0 saturated carbocycles. The largest absolute Gasteiger partial charge is 0.416 e. The Balaban J connectivity index is 2.21. The third kappa shape index (κ3) is 3.13. The second-order valence-electron chi connectivity index (χ2n) is 4.45. The zero-order chi connectivity index (χ0) is 15.6. The van der Waals surface area contributed by atoms with E-state index in [1.807, 2.05) is 0 Å². The monoisotopic (exact) mass is 295 g/mol. The molecule has 0 amide bonds. The van der Waals surface area contributed by atoms with Crippen molar-refractivity contribution >= 4 is 5.69 Å². The lowest BCUT2D eigenvalue weighted by Crippen LogP contribution is -2.09. The number of hydrogen-bond acceptors (Lipinski definition) is 4. The summed E-state index contributed by atoms with van der Waals surface area (Å²) < 4.78 is 39.5. The molecule has 1 aromatic heterocycles. The van der Waals surface area contributed by atoms with Crippen LogP contribution in [0.2, 0.25) is 0 Å². The summed E-state index contributed by atoms with van der Waals surface area (Å²) in [5.74, 6) is 1.34. The average Bonchev–Trinajstić information content (AvgIpc) is 2.75. The molecule has 1 heterocycles. The van der Waals surface area contributed by atoms with Crippen LogP contribution in [0.1, 0.15) is 22.8 Å². The Hall–Kier alpha value is -2.56. The van der Waals surface area contributed by atoms with Gasteiger partial charge >= 0.3 is 6.18 Å². The van der Waals surface area contributed by atoms with Crippen LogP contribution in [0.3, 0.4) is 0 Å². The molecular weight excluding hydrogens is 283 g/mol. The van der Waals surface area contributed by atoms with Crippen molar-refractivity contribution in [2.45, 2.75) is 19.6 Å². The van der Waals surface area contributed by atoms with Crippen LogP contribution in [0.15, 0.2) is 18.2 Å². The minimum atomic E-state index is -4.47. The van der Waals surface area contributed by atoms with Gasteiger partial charge in [-0.15, -0.1) is 10.2 Å². The standard InChI is InChI=1S/C13H12F3N5/c1-8-19-20-12(21(8)2)7-18-11-4-3-10(13(14,15)16)5-9(11)6-17/h3-5,18H,7H2,1-2H3. The predicted octanol–water partition coefficient (Wildman–Crippen LogP) is 2.63. The lowest BCUT2D eigenvalue weighted by molar-refractivity contribution is -0.137. The number of nitriles is 1. The van der Waals surface area contributed by atoms with Crippen LogP contribution >= 0.6 is 0 Å². The summed E-state index contributed by atoms with van der Waals surface area (Å²) in [4.78, 5) is 0. The Bertz CT molecular complexity index is 697. The molecular formula is C13H12F3N5. The van der Waals surface area contributed by atoms with Gasteiger partial charge in [-0.3, -0.25) is 0 Å². The van der Waals surface area contributed by atoms with E-state index >= 15 is 0 Å². The van der Waals surface area contributed by atoms with Crippen molar-refractivity contribution in [2.75, 3.05) is 5.32 Å². The fourth-order valence-electron chi connectivity index (χ4n) is 1.75. The number of nitrogens with one attached hydrogen (secondary N) is 1. The number of aromatic nitrogens is 3. The second kappa shape index (κ2) is 5.44. The summed E-state index contributed by atoms with van der Waals surface area (Å²) in [7, 11) is 1.78. The molecule has 2 aromatic rings. The molecule has 21 heavy (non-hydrogen) atoms. The van der Waals surface area contributed by atoms with Gasteiger partial charge in [0.1, 0.15) is 11.9 Å². The number of aryl methyl sites for hydroxylation is 1. The van der Waals surface area contributed by atoms with Gasteiger partial charge < -0.3 is 9.88 Å². The van der Waals surface area contributed by atoms with E-state index in [2.05, 4.69) is 15.5 Å². The SMILES string of the molecule is Cc1nnc(CNc2ccc(C(F)(F)F)cc2C#N)n1C. The maximum atomic E-state index is 12.6. The van der Waals surface area contributed by atoms with Crippen LogP contribution in [-0.2, 0) is 19.8 Å². The molecule has 1 aromatic carbocycles. The van der Waals surface area contributed by atoms with Crippen molar-refractivity contribution in [2.24, 2.45) is 7.05 Å². The summed E-state index contributed by atoms with van der Waals surface area (Å²) in [6.07, 6.45) is -4.47. The first-order valence-electron chi connectivity index (χ1n) is 6.03. The van der Waals surface area contributed by atoms with Gasteiger partial charge in [-0.1, -0.05) is 0 Å². The molecule has 0 unspecified atom stereocenters. The number of anilines is 1. The fraction of sp³-hybridized carbons (Fsp3) is 0.308. The first-order chi connectivity index (χ1) is 9.82. The van der Waals surface area contributed by atoms with Crippen LogP contribution in [0, 0.1) is 18.3 Å². The molecule has 8 heteroatoms. The van der Waals surface area contributed by atoms with Gasteiger partial charge in [0.2, 0.25) is 0 Å². The zero-order valence-electron chi connectivity index (χ0n) is 11.4. The first-order valence-corrected chi connectivity index (χ1v) is 6.03. The molecule has 5 nitrogen and oxygen atoms in total. The minimum absolute atomic E-state index is 0.0660. The molecule has 0 aliphatic rings. The second-order valence-corrected chi connectivity index (χ2v) is 4.45. The number of nitrogens with zero attached hydrogens (tertiary/aromatic N) is 4. The third-order valence-electron chi connectivity index (χ3n) is 3.09. The number of rotatable bonds is 3. The lowest BCUT2D eigenvalue weighted by Gasteiger charge is -2.11.